The second kappa shape index (κ2) is 5.58. The van der Waals surface area contributed by atoms with Crippen molar-refractivity contribution in [3.05, 3.63) is 30.1 Å². The zero-order valence-corrected chi connectivity index (χ0v) is 10.6. The van der Waals surface area contributed by atoms with Gasteiger partial charge in [0.05, 0.1) is 13.2 Å². The molecule has 0 radical (unpaired) electrons. The number of sulfonamides is 1. The van der Waals surface area contributed by atoms with E-state index in [1.807, 2.05) is 0 Å². The van der Waals surface area contributed by atoms with Gasteiger partial charge in [0.2, 0.25) is 16.1 Å². The summed E-state index contributed by atoms with van der Waals surface area (Å²) >= 11 is 0. The lowest BCUT2D eigenvalue weighted by Crippen LogP contribution is -2.47. The Hall–Kier alpha value is -1.60. The van der Waals surface area contributed by atoms with E-state index < -0.39 is 26.9 Å². The number of isocyanates is 1. The van der Waals surface area contributed by atoms with E-state index >= 15 is 0 Å². The normalized spacial score (nSPS) is 20.8. The summed E-state index contributed by atoms with van der Waals surface area (Å²) in [6.07, 6.45) is 0.297. The van der Waals surface area contributed by atoms with Crippen molar-refractivity contribution in [1.29, 1.82) is 0 Å². The largest absolute Gasteiger partial charge is 0.376 e. The topological polar surface area (TPSA) is 76.0 Å². The summed E-state index contributed by atoms with van der Waals surface area (Å²) in [4.78, 5) is 13.2. The molecule has 1 aromatic rings. The monoisotopic (exact) mass is 286 g/mol. The maximum atomic E-state index is 13.6. The van der Waals surface area contributed by atoms with Crippen LogP contribution in [0.1, 0.15) is 0 Å². The van der Waals surface area contributed by atoms with Crippen molar-refractivity contribution in [2.45, 2.75) is 11.1 Å². The number of ether oxygens (including phenoxy) is 1. The Balaban J connectivity index is 2.43. The summed E-state index contributed by atoms with van der Waals surface area (Å²) in [5, 5.41) is 0. The Morgan fingerprint density at radius 1 is 1.42 bits per heavy atom. The van der Waals surface area contributed by atoms with Crippen molar-refractivity contribution in [2.75, 3.05) is 19.8 Å². The number of morpholine rings is 1. The molecular weight excluding hydrogens is 275 g/mol. The fraction of sp³-hybridized carbons (Fsp3) is 0.364. The molecule has 1 aliphatic heterocycles. The number of hydrogen-bond donors (Lipinski definition) is 0. The van der Waals surface area contributed by atoms with E-state index in [-0.39, 0.29) is 19.8 Å². The number of aliphatic imine (C=N–C) groups is 1. The second-order valence-corrected chi connectivity index (χ2v) is 5.68. The fourth-order valence-electron chi connectivity index (χ4n) is 1.80. The van der Waals surface area contributed by atoms with Crippen molar-refractivity contribution >= 4 is 16.1 Å². The highest BCUT2D eigenvalue weighted by Crippen LogP contribution is 2.23. The molecule has 102 valence electrons. The summed E-state index contributed by atoms with van der Waals surface area (Å²) in [5.74, 6) is -0.845. The Kier molecular flexibility index (Phi) is 4.06. The standard InChI is InChI=1S/C11H11FN2O4S/c12-9-3-1-2-4-10(9)19(16,17)14-5-6-18-7-11(14)13-8-15/h1-4,11H,5-7H2. The second-order valence-electron chi connectivity index (χ2n) is 3.82. The highest BCUT2D eigenvalue weighted by atomic mass is 32.2. The van der Waals surface area contributed by atoms with Gasteiger partial charge in [-0.05, 0) is 12.1 Å². The average Bonchev–Trinajstić information content (AvgIpc) is 2.40. The first kappa shape index (κ1) is 13.8. The molecule has 0 saturated carbocycles. The number of carbonyl (C=O) groups excluding carboxylic acids is 1. The first-order valence-corrected chi connectivity index (χ1v) is 6.92. The first-order chi connectivity index (χ1) is 9.07. The Labute approximate surface area is 109 Å². The van der Waals surface area contributed by atoms with E-state index in [4.69, 9.17) is 4.74 Å². The maximum Gasteiger partial charge on any atom is 0.248 e. The number of benzene rings is 1. The van der Waals surface area contributed by atoms with Crippen LogP contribution in [0, 0.1) is 5.82 Å². The van der Waals surface area contributed by atoms with E-state index in [0.717, 1.165) is 10.4 Å². The van der Waals surface area contributed by atoms with Crippen LogP contribution < -0.4 is 0 Å². The predicted molar refractivity (Wildman–Crippen MR) is 63.0 cm³/mol. The molecule has 6 nitrogen and oxygen atoms in total. The van der Waals surface area contributed by atoms with Crippen LogP contribution in [-0.4, -0.2) is 44.7 Å². The highest BCUT2D eigenvalue weighted by Gasteiger charge is 2.35. The van der Waals surface area contributed by atoms with E-state index in [0.29, 0.717) is 0 Å². The van der Waals surface area contributed by atoms with Crippen molar-refractivity contribution in [1.82, 2.24) is 4.31 Å². The number of hydrogen-bond acceptors (Lipinski definition) is 5. The minimum atomic E-state index is -4.06. The fourth-order valence-corrected chi connectivity index (χ4v) is 3.36. The quantitative estimate of drug-likeness (QED) is 0.599. The Morgan fingerprint density at radius 3 is 2.84 bits per heavy atom. The summed E-state index contributed by atoms with van der Waals surface area (Å²) in [6, 6.07) is 5.05. The number of nitrogens with zero attached hydrogens (tertiary/aromatic N) is 2. The highest BCUT2D eigenvalue weighted by molar-refractivity contribution is 7.89. The lowest BCUT2D eigenvalue weighted by Gasteiger charge is -2.31. The summed E-state index contributed by atoms with van der Waals surface area (Å²) in [7, 11) is -4.06. The van der Waals surface area contributed by atoms with Gasteiger partial charge < -0.3 is 4.74 Å². The zero-order chi connectivity index (χ0) is 13.9. The molecule has 0 bridgehead atoms. The van der Waals surface area contributed by atoms with Crippen LogP contribution in [0.4, 0.5) is 4.39 Å². The molecule has 8 heteroatoms. The number of rotatable bonds is 3. The van der Waals surface area contributed by atoms with Crippen LogP contribution in [0.2, 0.25) is 0 Å². The molecule has 1 atom stereocenters. The Bertz CT molecular complexity index is 613. The first-order valence-electron chi connectivity index (χ1n) is 5.48. The maximum absolute atomic E-state index is 13.6. The molecule has 2 rings (SSSR count). The van der Waals surface area contributed by atoms with E-state index in [1.54, 1.807) is 0 Å². The smallest absolute Gasteiger partial charge is 0.248 e. The van der Waals surface area contributed by atoms with Gasteiger partial charge in [-0.3, -0.25) is 0 Å². The lowest BCUT2D eigenvalue weighted by atomic mass is 10.3. The molecule has 1 heterocycles. The molecule has 19 heavy (non-hydrogen) atoms. The van der Waals surface area contributed by atoms with Crippen LogP contribution in [0.3, 0.4) is 0 Å². The van der Waals surface area contributed by atoms with Gasteiger partial charge in [0.1, 0.15) is 10.7 Å². The Morgan fingerprint density at radius 2 is 2.16 bits per heavy atom. The van der Waals surface area contributed by atoms with Crippen LogP contribution in [-0.2, 0) is 19.6 Å². The van der Waals surface area contributed by atoms with Crippen LogP contribution >= 0.6 is 0 Å². The third kappa shape index (κ3) is 2.71. The van der Waals surface area contributed by atoms with Crippen molar-refractivity contribution in [2.24, 2.45) is 4.99 Å². The molecule has 1 saturated heterocycles. The molecule has 1 fully saturated rings. The van der Waals surface area contributed by atoms with Gasteiger partial charge in [0.15, 0.2) is 6.17 Å². The summed E-state index contributed by atoms with van der Waals surface area (Å²) in [6.45, 7) is 0.119. The third-order valence-electron chi connectivity index (χ3n) is 2.68. The zero-order valence-electron chi connectivity index (χ0n) is 9.82. The third-order valence-corrected chi connectivity index (χ3v) is 4.61. The van der Waals surface area contributed by atoms with Gasteiger partial charge in [0, 0.05) is 6.54 Å². The van der Waals surface area contributed by atoms with E-state index in [9.17, 15) is 17.6 Å². The van der Waals surface area contributed by atoms with E-state index in [1.165, 1.54) is 24.3 Å². The summed E-state index contributed by atoms with van der Waals surface area (Å²) in [5.41, 5.74) is 0. The van der Waals surface area contributed by atoms with Gasteiger partial charge in [-0.15, -0.1) is 0 Å². The van der Waals surface area contributed by atoms with Gasteiger partial charge in [-0.2, -0.15) is 9.30 Å². The molecule has 1 aliphatic rings. The molecular formula is C11H11FN2O4S. The minimum Gasteiger partial charge on any atom is -0.376 e. The van der Waals surface area contributed by atoms with Gasteiger partial charge in [0.25, 0.3) is 0 Å². The molecule has 0 N–H and O–H groups in total. The summed E-state index contributed by atoms with van der Waals surface area (Å²) < 4.78 is 44.3. The van der Waals surface area contributed by atoms with Crippen molar-refractivity contribution in [3.63, 3.8) is 0 Å². The van der Waals surface area contributed by atoms with E-state index in [2.05, 4.69) is 4.99 Å². The van der Waals surface area contributed by atoms with Crippen LogP contribution in [0.15, 0.2) is 34.2 Å². The molecule has 0 aromatic heterocycles. The minimum absolute atomic E-state index is 0.00646. The SMILES string of the molecule is O=C=NC1COCCN1S(=O)(=O)c1ccccc1F. The molecule has 1 aromatic carbocycles. The molecule has 0 aliphatic carbocycles. The van der Waals surface area contributed by atoms with Gasteiger partial charge >= 0.3 is 0 Å². The lowest BCUT2D eigenvalue weighted by molar-refractivity contribution is 0.0358. The van der Waals surface area contributed by atoms with Crippen LogP contribution in [0.5, 0.6) is 0 Å². The predicted octanol–water partition coefficient (Wildman–Crippen LogP) is 0.508. The average molecular weight is 286 g/mol. The molecule has 0 amide bonds. The van der Waals surface area contributed by atoms with Gasteiger partial charge in [-0.1, -0.05) is 12.1 Å². The molecule has 0 spiro atoms. The van der Waals surface area contributed by atoms with Crippen molar-refractivity contribution < 1.29 is 22.3 Å². The van der Waals surface area contributed by atoms with Crippen molar-refractivity contribution in [3.8, 4) is 0 Å². The van der Waals surface area contributed by atoms with Gasteiger partial charge in [-0.25, -0.2) is 17.6 Å². The molecule has 1 unspecified atom stereocenters. The number of halogens is 1. The van der Waals surface area contributed by atoms with Crippen LogP contribution in [0.25, 0.3) is 0 Å².